The SMILES string of the molecule is CC1(N)CC1(C)NCc1cccc(-c2cc(C3=CN=CCC3)cc(-c3ccc[nH]3)c2)c1. The van der Waals surface area contributed by atoms with Crippen LogP contribution in [0.1, 0.15) is 44.2 Å². The van der Waals surface area contributed by atoms with Crippen molar-refractivity contribution in [1.29, 1.82) is 0 Å². The zero-order chi connectivity index (χ0) is 21.5. The number of benzene rings is 2. The van der Waals surface area contributed by atoms with Crippen LogP contribution in [-0.4, -0.2) is 22.3 Å². The van der Waals surface area contributed by atoms with Gasteiger partial charge in [-0.05, 0) is 103 Å². The van der Waals surface area contributed by atoms with Crippen LogP contribution in [0.15, 0.2) is 72.0 Å². The Bertz CT molecular complexity index is 1150. The summed E-state index contributed by atoms with van der Waals surface area (Å²) < 4.78 is 0. The normalized spacial score (nSPS) is 24.8. The summed E-state index contributed by atoms with van der Waals surface area (Å²) in [7, 11) is 0. The van der Waals surface area contributed by atoms with E-state index in [0.29, 0.717) is 0 Å². The van der Waals surface area contributed by atoms with Gasteiger partial charge in [0.25, 0.3) is 0 Å². The minimum Gasteiger partial charge on any atom is -0.361 e. The van der Waals surface area contributed by atoms with Crippen molar-refractivity contribution in [2.75, 3.05) is 0 Å². The molecule has 1 saturated carbocycles. The van der Waals surface area contributed by atoms with Crippen LogP contribution < -0.4 is 11.1 Å². The largest absolute Gasteiger partial charge is 0.361 e. The van der Waals surface area contributed by atoms with Gasteiger partial charge in [-0.2, -0.15) is 0 Å². The van der Waals surface area contributed by atoms with E-state index in [-0.39, 0.29) is 11.1 Å². The number of allylic oxidation sites excluding steroid dienone is 1. The van der Waals surface area contributed by atoms with Gasteiger partial charge in [-0.25, -0.2) is 0 Å². The molecule has 0 spiro atoms. The number of H-pyrrole nitrogens is 1. The summed E-state index contributed by atoms with van der Waals surface area (Å²) in [6.45, 7) is 5.15. The van der Waals surface area contributed by atoms with Crippen molar-refractivity contribution in [3.63, 3.8) is 0 Å². The van der Waals surface area contributed by atoms with E-state index >= 15 is 0 Å². The first-order valence-corrected chi connectivity index (χ1v) is 11.1. The molecule has 2 atom stereocenters. The number of rotatable bonds is 6. The lowest BCUT2D eigenvalue weighted by Gasteiger charge is -2.17. The molecule has 1 aromatic heterocycles. The average Bonchev–Trinajstić information content (AvgIpc) is 3.15. The number of nitrogens with zero attached hydrogens (tertiary/aromatic N) is 1. The first-order valence-electron chi connectivity index (χ1n) is 11.1. The van der Waals surface area contributed by atoms with Gasteiger partial charge in [0.1, 0.15) is 0 Å². The van der Waals surface area contributed by atoms with Crippen LogP contribution in [0.25, 0.3) is 28.0 Å². The van der Waals surface area contributed by atoms with Crippen LogP contribution in [0.2, 0.25) is 0 Å². The third-order valence-corrected chi connectivity index (χ3v) is 6.89. The van der Waals surface area contributed by atoms with Gasteiger partial charge in [-0.15, -0.1) is 0 Å². The summed E-state index contributed by atoms with van der Waals surface area (Å²) in [4.78, 5) is 7.75. The number of hydrogen-bond acceptors (Lipinski definition) is 3. The van der Waals surface area contributed by atoms with E-state index in [1.165, 1.54) is 33.4 Å². The topological polar surface area (TPSA) is 66.2 Å². The van der Waals surface area contributed by atoms with Crippen LogP contribution >= 0.6 is 0 Å². The molecule has 4 N–H and O–H groups in total. The summed E-state index contributed by atoms with van der Waals surface area (Å²) >= 11 is 0. The number of aliphatic imine (C=N–C) groups is 1. The van der Waals surface area contributed by atoms with E-state index < -0.39 is 0 Å². The lowest BCUT2D eigenvalue weighted by molar-refractivity contribution is 0.470. The van der Waals surface area contributed by atoms with E-state index in [2.05, 4.69) is 77.7 Å². The maximum Gasteiger partial charge on any atom is 0.0454 e. The van der Waals surface area contributed by atoms with Gasteiger partial charge < -0.3 is 16.0 Å². The Kier molecular flexibility index (Phi) is 4.92. The summed E-state index contributed by atoms with van der Waals surface area (Å²) in [5.41, 5.74) is 14.8. The number of nitrogens with two attached hydrogens (primary N) is 1. The molecule has 5 rings (SSSR count). The van der Waals surface area contributed by atoms with Crippen molar-refractivity contribution in [3.05, 3.63) is 78.1 Å². The second-order valence-electron chi connectivity index (χ2n) is 9.39. The van der Waals surface area contributed by atoms with Gasteiger partial charge in [-0.1, -0.05) is 18.2 Å². The molecule has 0 amide bonds. The Hall–Kier alpha value is -2.95. The Morgan fingerprint density at radius 3 is 2.52 bits per heavy atom. The maximum atomic E-state index is 6.30. The number of aromatic nitrogens is 1. The number of nitrogens with one attached hydrogen (secondary N) is 2. The van der Waals surface area contributed by atoms with Crippen molar-refractivity contribution >= 4 is 11.8 Å². The molecule has 0 saturated heterocycles. The van der Waals surface area contributed by atoms with Crippen LogP contribution in [0.3, 0.4) is 0 Å². The lowest BCUT2D eigenvalue weighted by Crippen LogP contribution is -2.40. The van der Waals surface area contributed by atoms with Gasteiger partial charge in [0.05, 0.1) is 0 Å². The molecule has 0 radical (unpaired) electrons. The Morgan fingerprint density at radius 2 is 1.81 bits per heavy atom. The molecule has 2 unspecified atom stereocenters. The van der Waals surface area contributed by atoms with Crippen LogP contribution in [0.4, 0.5) is 0 Å². The molecule has 1 aliphatic heterocycles. The highest BCUT2D eigenvalue weighted by Gasteiger charge is 2.58. The van der Waals surface area contributed by atoms with Crippen LogP contribution in [0, 0.1) is 0 Å². The molecule has 2 aromatic carbocycles. The monoisotopic (exact) mass is 410 g/mol. The lowest BCUT2D eigenvalue weighted by atomic mass is 9.92. The minimum atomic E-state index is -0.111. The Morgan fingerprint density at radius 1 is 1.00 bits per heavy atom. The Balaban J connectivity index is 1.48. The van der Waals surface area contributed by atoms with E-state index in [1.807, 2.05) is 24.7 Å². The van der Waals surface area contributed by atoms with Gasteiger partial charge in [0, 0.05) is 41.9 Å². The van der Waals surface area contributed by atoms with E-state index in [4.69, 9.17) is 5.73 Å². The van der Waals surface area contributed by atoms with Gasteiger partial charge in [0.15, 0.2) is 0 Å². The van der Waals surface area contributed by atoms with Crippen LogP contribution in [-0.2, 0) is 6.54 Å². The molecule has 2 heterocycles. The summed E-state index contributed by atoms with van der Waals surface area (Å²) in [6, 6.07) is 19.8. The molecule has 2 aliphatic rings. The third-order valence-electron chi connectivity index (χ3n) is 6.89. The quantitative estimate of drug-likeness (QED) is 0.501. The fraction of sp³-hybridized carbons (Fsp3) is 0.296. The van der Waals surface area contributed by atoms with Crippen molar-refractivity contribution < 1.29 is 0 Å². The van der Waals surface area contributed by atoms with E-state index in [1.54, 1.807) is 0 Å². The highest BCUT2D eigenvalue weighted by atomic mass is 15.1. The summed E-state index contributed by atoms with van der Waals surface area (Å²) in [5, 5.41) is 3.66. The molecular formula is C27H30N4. The first kappa shape index (κ1) is 20.0. The van der Waals surface area contributed by atoms with E-state index in [9.17, 15) is 0 Å². The van der Waals surface area contributed by atoms with Gasteiger partial charge in [0.2, 0.25) is 0 Å². The molecule has 0 bridgehead atoms. The molecule has 4 nitrogen and oxygen atoms in total. The molecule has 1 fully saturated rings. The van der Waals surface area contributed by atoms with Crippen LogP contribution in [0.5, 0.6) is 0 Å². The third kappa shape index (κ3) is 4.01. The number of hydrogen-bond donors (Lipinski definition) is 3. The predicted molar refractivity (Wildman–Crippen MR) is 130 cm³/mol. The molecule has 1 aliphatic carbocycles. The summed E-state index contributed by atoms with van der Waals surface area (Å²) in [5.74, 6) is 0. The van der Waals surface area contributed by atoms with E-state index in [0.717, 1.165) is 31.5 Å². The predicted octanol–water partition coefficient (Wildman–Crippen LogP) is 5.52. The van der Waals surface area contributed by atoms with Crippen molar-refractivity contribution in [2.24, 2.45) is 10.7 Å². The second kappa shape index (κ2) is 7.63. The fourth-order valence-corrected chi connectivity index (χ4v) is 4.48. The standard InChI is InChI=1S/C27H30N4/c1-26(28)18-27(26,2)31-16-19-6-3-7-20(12-19)22-13-23(21-8-4-10-29-17-21)15-24(14-22)25-9-5-11-30-25/h3,5-7,9-15,17,30-31H,4,8,16,18,28H2,1-2H3. The molecule has 4 heteroatoms. The highest BCUT2D eigenvalue weighted by molar-refractivity contribution is 5.81. The summed E-state index contributed by atoms with van der Waals surface area (Å²) in [6.07, 6.45) is 9.00. The van der Waals surface area contributed by atoms with Gasteiger partial charge in [-0.3, -0.25) is 4.99 Å². The van der Waals surface area contributed by atoms with Crippen molar-refractivity contribution in [2.45, 2.75) is 50.7 Å². The number of aromatic amines is 1. The molecular weight excluding hydrogens is 380 g/mol. The molecule has 31 heavy (non-hydrogen) atoms. The smallest absolute Gasteiger partial charge is 0.0454 e. The molecule has 158 valence electrons. The Labute approximate surface area is 184 Å². The highest BCUT2D eigenvalue weighted by Crippen LogP contribution is 2.44. The average molecular weight is 411 g/mol. The zero-order valence-electron chi connectivity index (χ0n) is 18.3. The fourth-order valence-electron chi connectivity index (χ4n) is 4.48. The van der Waals surface area contributed by atoms with Crippen molar-refractivity contribution in [3.8, 4) is 22.4 Å². The van der Waals surface area contributed by atoms with Crippen molar-refractivity contribution in [1.82, 2.24) is 10.3 Å². The zero-order valence-corrected chi connectivity index (χ0v) is 18.3. The van der Waals surface area contributed by atoms with Gasteiger partial charge >= 0.3 is 0 Å². The second-order valence-corrected chi connectivity index (χ2v) is 9.39. The maximum absolute atomic E-state index is 6.30. The first-order chi connectivity index (χ1) is 14.9. The molecule has 3 aromatic rings. The minimum absolute atomic E-state index is 0.0255.